The largest absolute Gasteiger partial charge is 0.397 e. The molecule has 0 bridgehead atoms. The summed E-state index contributed by atoms with van der Waals surface area (Å²) in [5.41, 5.74) is 14.3. The third-order valence-corrected chi connectivity index (χ3v) is 7.71. The molecule has 1 aromatic carbocycles. The first-order valence-corrected chi connectivity index (χ1v) is 11.9. The molecular weight excluding hydrogens is 459 g/mol. The van der Waals surface area contributed by atoms with Gasteiger partial charge in [0, 0.05) is 42.0 Å². The summed E-state index contributed by atoms with van der Waals surface area (Å²) < 4.78 is 14.1. The van der Waals surface area contributed by atoms with Crippen molar-refractivity contribution in [3.63, 3.8) is 0 Å². The number of nitrogens with zero attached hydrogens (tertiary/aromatic N) is 4. The van der Waals surface area contributed by atoms with Crippen molar-refractivity contribution < 1.29 is 9.18 Å². The Morgan fingerprint density at radius 1 is 1.12 bits per heavy atom. The lowest BCUT2D eigenvalue weighted by molar-refractivity contribution is 0.0752. The number of hydrogen-bond acceptors (Lipinski definition) is 8. The molecule has 33 heavy (non-hydrogen) atoms. The standard InChI is InChI=1S/C23H19FN6OS2/c24-14-4-1-2-5-15(14)29-7-9-30(10-8-29)23(31)20-19(26)18-17(16-6-3-11-32-16)13(12-25)21(27)28-22(18)33-20/h1-6,11H,7-10,26H2,(H2,27,28). The quantitative estimate of drug-likeness (QED) is 0.457. The van der Waals surface area contributed by atoms with E-state index in [0.717, 1.165) is 4.88 Å². The Balaban J connectivity index is 1.48. The summed E-state index contributed by atoms with van der Waals surface area (Å²) >= 11 is 2.65. The molecule has 1 saturated heterocycles. The molecule has 1 fully saturated rings. The van der Waals surface area contributed by atoms with Gasteiger partial charge in [0.2, 0.25) is 0 Å². The Hall–Kier alpha value is -3.68. The number of thiophene rings is 2. The fourth-order valence-corrected chi connectivity index (χ4v) is 5.97. The van der Waals surface area contributed by atoms with Gasteiger partial charge in [-0.05, 0) is 23.6 Å². The number of rotatable bonds is 3. The second-order valence-electron chi connectivity index (χ2n) is 7.59. The molecule has 0 aliphatic carbocycles. The van der Waals surface area contributed by atoms with Crippen LogP contribution in [-0.2, 0) is 0 Å². The molecule has 5 rings (SSSR count). The van der Waals surface area contributed by atoms with Crippen LogP contribution in [0.2, 0.25) is 0 Å². The number of fused-ring (bicyclic) bond motifs is 1. The van der Waals surface area contributed by atoms with Gasteiger partial charge in [-0.25, -0.2) is 9.37 Å². The normalized spacial score (nSPS) is 13.9. The van der Waals surface area contributed by atoms with E-state index in [2.05, 4.69) is 11.1 Å². The average molecular weight is 479 g/mol. The van der Waals surface area contributed by atoms with Crippen LogP contribution >= 0.6 is 22.7 Å². The minimum absolute atomic E-state index is 0.118. The molecule has 3 aromatic heterocycles. The Kier molecular flexibility index (Phi) is 5.36. The maximum atomic E-state index is 14.1. The first kappa shape index (κ1) is 21.2. The lowest BCUT2D eigenvalue weighted by atomic mass is 10.0. The van der Waals surface area contributed by atoms with Gasteiger partial charge < -0.3 is 21.3 Å². The predicted octanol–water partition coefficient (Wildman–Crippen LogP) is 4.16. The number of hydrogen-bond donors (Lipinski definition) is 2. The third-order valence-electron chi connectivity index (χ3n) is 5.74. The smallest absolute Gasteiger partial charge is 0.266 e. The van der Waals surface area contributed by atoms with Crippen molar-refractivity contribution in [2.75, 3.05) is 42.5 Å². The summed E-state index contributed by atoms with van der Waals surface area (Å²) in [7, 11) is 0. The van der Waals surface area contributed by atoms with E-state index in [4.69, 9.17) is 11.5 Å². The van der Waals surface area contributed by atoms with Crippen LogP contribution in [-0.4, -0.2) is 42.0 Å². The van der Waals surface area contributed by atoms with Gasteiger partial charge in [-0.1, -0.05) is 18.2 Å². The highest BCUT2D eigenvalue weighted by Gasteiger charge is 2.29. The topological polar surface area (TPSA) is 112 Å². The molecule has 166 valence electrons. The maximum Gasteiger partial charge on any atom is 0.266 e. The second-order valence-corrected chi connectivity index (χ2v) is 9.54. The number of halogens is 1. The van der Waals surface area contributed by atoms with Gasteiger partial charge in [-0.3, -0.25) is 4.79 Å². The van der Waals surface area contributed by atoms with Gasteiger partial charge in [0.05, 0.1) is 11.4 Å². The van der Waals surface area contributed by atoms with Crippen molar-refractivity contribution in [1.82, 2.24) is 9.88 Å². The van der Waals surface area contributed by atoms with Gasteiger partial charge >= 0.3 is 0 Å². The number of carbonyl (C=O) groups is 1. The van der Waals surface area contributed by atoms with E-state index in [9.17, 15) is 14.4 Å². The van der Waals surface area contributed by atoms with Gasteiger partial charge in [-0.15, -0.1) is 22.7 Å². The number of nitrogen functional groups attached to an aromatic ring is 2. The molecule has 0 atom stereocenters. The Labute approximate surface area is 197 Å². The lowest BCUT2D eigenvalue weighted by Crippen LogP contribution is -2.49. The van der Waals surface area contributed by atoms with E-state index < -0.39 is 0 Å². The Morgan fingerprint density at radius 2 is 1.88 bits per heavy atom. The van der Waals surface area contributed by atoms with Crippen molar-refractivity contribution in [2.24, 2.45) is 0 Å². The number of carbonyl (C=O) groups excluding carboxylic acids is 1. The van der Waals surface area contributed by atoms with Crippen LogP contribution in [0.3, 0.4) is 0 Å². The molecule has 0 radical (unpaired) electrons. The second kappa shape index (κ2) is 8.35. The molecule has 4 heterocycles. The van der Waals surface area contributed by atoms with Crippen LogP contribution in [0, 0.1) is 17.1 Å². The number of benzene rings is 1. The zero-order valence-corrected chi connectivity index (χ0v) is 19.0. The molecule has 7 nitrogen and oxygen atoms in total. The molecule has 4 aromatic rings. The predicted molar refractivity (Wildman–Crippen MR) is 131 cm³/mol. The third kappa shape index (κ3) is 3.55. The zero-order chi connectivity index (χ0) is 23.1. The number of aromatic nitrogens is 1. The Morgan fingerprint density at radius 3 is 2.55 bits per heavy atom. The molecule has 1 amide bonds. The molecule has 1 aliphatic rings. The van der Waals surface area contributed by atoms with E-state index in [1.807, 2.05) is 22.4 Å². The van der Waals surface area contributed by atoms with Crippen LogP contribution in [0.4, 0.5) is 21.6 Å². The van der Waals surface area contributed by atoms with E-state index in [-0.39, 0.29) is 23.1 Å². The number of para-hydroxylation sites is 1. The van der Waals surface area contributed by atoms with E-state index in [1.165, 1.54) is 28.7 Å². The molecular formula is C23H19FN6OS2. The number of piperazine rings is 1. The van der Waals surface area contributed by atoms with Crippen LogP contribution < -0.4 is 16.4 Å². The molecule has 1 aliphatic heterocycles. The molecule has 4 N–H and O–H groups in total. The summed E-state index contributed by atoms with van der Waals surface area (Å²) in [5.74, 6) is -0.353. The summed E-state index contributed by atoms with van der Waals surface area (Å²) in [6, 6.07) is 12.5. The van der Waals surface area contributed by atoms with E-state index in [0.29, 0.717) is 58.2 Å². The van der Waals surface area contributed by atoms with E-state index >= 15 is 0 Å². The zero-order valence-electron chi connectivity index (χ0n) is 17.4. The number of nitrogens with two attached hydrogens (primary N) is 2. The van der Waals surface area contributed by atoms with Crippen LogP contribution in [0.15, 0.2) is 41.8 Å². The maximum absolute atomic E-state index is 14.1. The fraction of sp³-hybridized carbons (Fsp3) is 0.174. The summed E-state index contributed by atoms with van der Waals surface area (Å²) in [5, 5.41) is 12.2. The minimum Gasteiger partial charge on any atom is -0.397 e. The SMILES string of the molecule is N#Cc1c(N)nc2sc(C(=O)N3CCN(c4ccccc4F)CC3)c(N)c2c1-c1cccs1. The van der Waals surface area contributed by atoms with Gasteiger partial charge in [0.25, 0.3) is 5.91 Å². The number of pyridine rings is 1. The fourth-order valence-electron chi connectivity index (χ4n) is 4.11. The van der Waals surface area contributed by atoms with Crippen molar-refractivity contribution in [2.45, 2.75) is 0 Å². The first-order valence-electron chi connectivity index (χ1n) is 10.2. The van der Waals surface area contributed by atoms with Crippen molar-refractivity contribution in [3.8, 4) is 16.5 Å². The van der Waals surface area contributed by atoms with Gasteiger partial charge in [0.1, 0.15) is 33.0 Å². The number of amides is 1. The van der Waals surface area contributed by atoms with Crippen LogP contribution in [0.5, 0.6) is 0 Å². The van der Waals surface area contributed by atoms with Gasteiger partial charge in [-0.2, -0.15) is 5.26 Å². The summed E-state index contributed by atoms with van der Waals surface area (Å²) in [4.78, 5) is 23.1. The molecule has 0 saturated carbocycles. The molecule has 0 spiro atoms. The average Bonchev–Trinajstić information content (AvgIpc) is 3.47. The highest BCUT2D eigenvalue weighted by molar-refractivity contribution is 7.21. The monoisotopic (exact) mass is 478 g/mol. The van der Waals surface area contributed by atoms with Crippen molar-refractivity contribution in [3.05, 3.63) is 58.0 Å². The van der Waals surface area contributed by atoms with E-state index in [1.54, 1.807) is 23.1 Å². The molecule has 10 heteroatoms. The lowest BCUT2D eigenvalue weighted by Gasteiger charge is -2.36. The van der Waals surface area contributed by atoms with Crippen molar-refractivity contribution >= 4 is 56.0 Å². The van der Waals surface area contributed by atoms with Crippen LogP contribution in [0.25, 0.3) is 20.7 Å². The highest BCUT2D eigenvalue weighted by Crippen LogP contribution is 2.44. The highest BCUT2D eigenvalue weighted by atomic mass is 32.1. The van der Waals surface area contributed by atoms with Gasteiger partial charge in [0.15, 0.2) is 0 Å². The summed E-state index contributed by atoms with van der Waals surface area (Å²) in [6.07, 6.45) is 0. The number of anilines is 3. The van der Waals surface area contributed by atoms with Crippen molar-refractivity contribution in [1.29, 1.82) is 5.26 Å². The number of nitriles is 1. The first-order chi connectivity index (χ1) is 16.0. The van der Waals surface area contributed by atoms with Crippen LogP contribution in [0.1, 0.15) is 15.2 Å². The Bertz CT molecular complexity index is 1400. The summed E-state index contributed by atoms with van der Waals surface area (Å²) in [6.45, 7) is 1.92. The molecule has 0 unspecified atom stereocenters. The minimum atomic E-state index is -0.274.